The van der Waals surface area contributed by atoms with E-state index >= 15 is 0 Å². The Bertz CT molecular complexity index is 595. The molecular weight excluding hydrogens is 322 g/mol. The third-order valence-electron chi connectivity index (χ3n) is 4.66. The van der Waals surface area contributed by atoms with E-state index in [0.29, 0.717) is 26.4 Å². The number of hydrogen-bond donors (Lipinski definition) is 1. The van der Waals surface area contributed by atoms with E-state index in [4.69, 9.17) is 9.47 Å². The van der Waals surface area contributed by atoms with Crippen molar-refractivity contribution >= 4 is 11.9 Å². The number of amides is 3. The number of rotatable bonds is 5. The fourth-order valence-electron chi connectivity index (χ4n) is 3.22. The van der Waals surface area contributed by atoms with Gasteiger partial charge in [-0.15, -0.1) is 0 Å². The first kappa shape index (κ1) is 17.7. The molecule has 3 rings (SSSR count). The zero-order valence-electron chi connectivity index (χ0n) is 14.5. The van der Waals surface area contributed by atoms with Crippen molar-refractivity contribution in [1.82, 2.24) is 15.1 Å². The highest BCUT2D eigenvalue weighted by molar-refractivity contribution is 5.87. The molecule has 7 nitrogen and oxygen atoms in total. The van der Waals surface area contributed by atoms with E-state index in [-0.39, 0.29) is 30.6 Å². The maximum Gasteiger partial charge on any atom is 0.319 e. The van der Waals surface area contributed by atoms with Gasteiger partial charge in [-0.1, -0.05) is 30.3 Å². The summed E-state index contributed by atoms with van der Waals surface area (Å²) in [6, 6.07) is 9.91. The van der Waals surface area contributed by atoms with Gasteiger partial charge in [0.1, 0.15) is 6.54 Å². The molecule has 2 unspecified atom stereocenters. The fraction of sp³-hybridized carbons (Fsp3) is 0.556. The van der Waals surface area contributed by atoms with E-state index in [1.165, 1.54) is 0 Å². The van der Waals surface area contributed by atoms with E-state index in [0.717, 1.165) is 18.4 Å². The molecule has 1 N–H and O–H groups in total. The Morgan fingerprint density at radius 2 is 2.16 bits per heavy atom. The highest BCUT2D eigenvalue weighted by Gasteiger charge is 2.32. The molecule has 1 aromatic rings. The van der Waals surface area contributed by atoms with Crippen LogP contribution in [0.25, 0.3) is 0 Å². The van der Waals surface area contributed by atoms with Crippen LogP contribution in [-0.2, 0) is 14.3 Å². The molecule has 0 saturated carbocycles. The average molecular weight is 347 g/mol. The van der Waals surface area contributed by atoms with Crippen LogP contribution in [-0.4, -0.2) is 67.9 Å². The monoisotopic (exact) mass is 347 g/mol. The average Bonchev–Trinajstić information content (AvgIpc) is 3.02. The maximum atomic E-state index is 12.5. The second-order valence-corrected chi connectivity index (χ2v) is 6.43. The van der Waals surface area contributed by atoms with Crippen molar-refractivity contribution in [2.75, 3.05) is 40.1 Å². The van der Waals surface area contributed by atoms with Crippen molar-refractivity contribution in [3.05, 3.63) is 35.9 Å². The van der Waals surface area contributed by atoms with Crippen LogP contribution in [0.1, 0.15) is 24.5 Å². The van der Waals surface area contributed by atoms with Gasteiger partial charge in [0, 0.05) is 26.3 Å². The quantitative estimate of drug-likeness (QED) is 0.873. The lowest BCUT2D eigenvalue weighted by atomic mass is 9.97. The number of carbonyl (C=O) groups excluding carboxylic acids is 2. The zero-order valence-corrected chi connectivity index (χ0v) is 14.5. The van der Waals surface area contributed by atoms with E-state index in [9.17, 15) is 9.59 Å². The summed E-state index contributed by atoms with van der Waals surface area (Å²) < 4.78 is 10.8. The van der Waals surface area contributed by atoms with Gasteiger partial charge in [0.05, 0.1) is 19.4 Å². The van der Waals surface area contributed by atoms with Crippen LogP contribution in [0.2, 0.25) is 0 Å². The van der Waals surface area contributed by atoms with Gasteiger partial charge in [0.15, 0.2) is 0 Å². The van der Waals surface area contributed by atoms with Crippen LogP contribution < -0.4 is 5.32 Å². The first-order chi connectivity index (χ1) is 12.2. The van der Waals surface area contributed by atoms with Gasteiger partial charge in [-0.25, -0.2) is 4.79 Å². The molecule has 25 heavy (non-hydrogen) atoms. The number of benzene rings is 1. The lowest BCUT2D eigenvalue weighted by Gasteiger charge is -2.31. The minimum absolute atomic E-state index is 0.00124. The zero-order chi connectivity index (χ0) is 17.6. The number of nitrogens with zero attached hydrogens (tertiary/aromatic N) is 2. The summed E-state index contributed by atoms with van der Waals surface area (Å²) in [5, 5.41) is 3.05. The number of urea groups is 1. The van der Waals surface area contributed by atoms with E-state index in [2.05, 4.69) is 5.32 Å². The van der Waals surface area contributed by atoms with Crippen LogP contribution in [0.3, 0.4) is 0 Å². The molecule has 0 aliphatic carbocycles. The maximum absolute atomic E-state index is 12.5. The minimum atomic E-state index is -0.188. The number of hydrogen-bond acceptors (Lipinski definition) is 4. The normalized spacial score (nSPS) is 23.8. The summed E-state index contributed by atoms with van der Waals surface area (Å²) in [5.41, 5.74) is 1.13. The smallest absolute Gasteiger partial charge is 0.319 e. The third kappa shape index (κ3) is 4.49. The van der Waals surface area contributed by atoms with Gasteiger partial charge in [0.2, 0.25) is 5.91 Å². The lowest BCUT2D eigenvalue weighted by Crippen LogP contribution is -2.46. The van der Waals surface area contributed by atoms with Gasteiger partial charge < -0.3 is 19.7 Å². The van der Waals surface area contributed by atoms with Crippen LogP contribution in [0, 0.1) is 0 Å². The van der Waals surface area contributed by atoms with Gasteiger partial charge in [0.25, 0.3) is 0 Å². The van der Waals surface area contributed by atoms with Gasteiger partial charge in [-0.05, 0) is 18.4 Å². The third-order valence-corrected chi connectivity index (χ3v) is 4.66. The first-order valence-corrected chi connectivity index (χ1v) is 8.66. The van der Waals surface area contributed by atoms with E-state index in [1.807, 2.05) is 30.3 Å². The molecule has 2 fully saturated rings. The molecule has 2 aliphatic heterocycles. The molecule has 1 aromatic carbocycles. The van der Waals surface area contributed by atoms with E-state index < -0.39 is 0 Å². The summed E-state index contributed by atoms with van der Waals surface area (Å²) in [6.07, 6.45) is 1.52. The molecule has 3 amide bonds. The molecule has 0 spiro atoms. The molecule has 0 radical (unpaired) electrons. The summed E-state index contributed by atoms with van der Waals surface area (Å²) in [6.45, 7) is 2.04. The van der Waals surface area contributed by atoms with Crippen LogP contribution in [0.5, 0.6) is 0 Å². The van der Waals surface area contributed by atoms with Crippen LogP contribution >= 0.6 is 0 Å². The minimum Gasteiger partial charge on any atom is -0.383 e. The van der Waals surface area contributed by atoms with Crippen molar-refractivity contribution in [3.63, 3.8) is 0 Å². The van der Waals surface area contributed by atoms with Crippen LogP contribution in [0.15, 0.2) is 30.3 Å². The Labute approximate surface area is 147 Å². The Kier molecular flexibility index (Phi) is 5.88. The molecule has 2 saturated heterocycles. The SMILES string of the molecule is COCCN1CN(C(=O)NC2CCOC(c3ccccc3)C2)CC1=O. The van der Waals surface area contributed by atoms with Gasteiger partial charge in [-0.2, -0.15) is 0 Å². The largest absolute Gasteiger partial charge is 0.383 e. The Morgan fingerprint density at radius 3 is 2.92 bits per heavy atom. The standard InChI is InChI=1S/C18H25N3O4/c1-24-10-8-20-13-21(12-17(20)22)18(23)19-15-7-9-25-16(11-15)14-5-3-2-4-6-14/h2-6,15-16H,7-13H2,1H3,(H,19,23). The molecule has 2 aliphatic rings. The molecule has 7 heteroatoms. The molecule has 0 bridgehead atoms. The van der Waals surface area contributed by atoms with Crippen molar-refractivity contribution in [3.8, 4) is 0 Å². The first-order valence-electron chi connectivity index (χ1n) is 8.66. The second-order valence-electron chi connectivity index (χ2n) is 6.43. The van der Waals surface area contributed by atoms with Crippen molar-refractivity contribution in [1.29, 1.82) is 0 Å². The highest BCUT2D eigenvalue weighted by atomic mass is 16.5. The van der Waals surface area contributed by atoms with Crippen molar-refractivity contribution in [2.45, 2.75) is 25.0 Å². The van der Waals surface area contributed by atoms with Gasteiger partial charge >= 0.3 is 6.03 Å². The number of nitrogens with one attached hydrogen (secondary N) is 1. The van der Waals surface area contributed by atoms with Gasteiger partial charge in [-0.3, -0.25) is 9.69 Å². The number of methoxy groups -OCH3 is 1. The predicted octanol–water partition coefficient (Wildman–Crippen LogP) is 1.36. The molecule has 136 valence electrons. The summed E-state index contributed by atoms with van der Waals surface area (Å²) in [5.74, 6) is -0.0404. The molecular formula is C18H25N3O4. The van der Waals surface area contributed by atoms with Crippen LogP contribution in [0.4, 0.5) is 4.79 Å². The Morgan fingerprint density at radius 1 is 1.36 bits per heavy atom. The van der Waals surface area contributed by atoms with Crippen molar-refractivity contribution in [2.24, 2.45) is 0 Å². The van der Waals surface area contributed by atoms with Crippen molar-refractivity contribution < 1.29 is 19.1 Å². The summed E-state index contributed by atoms with van der Waals surface area (Å²) in [4.78, 5) is 27.6. The summed E-state index contributed by atoms with van der Waals surface area (Å²) >= 11 is 0. The lowest BCUT2D eigenvalue weighted by molar-refractivity contribution is -0.127. The summed E-state index contributed by atoms with van der Waals surface area (Å²) in [7, 11) is 1.60. The molecule has 0 aromatic heterocycles. The Hall–Kier alpha value is -2.12. The number of carbonyl (C=O) groups is 2. The second kappa shape index (κ2) is 8.31. The van der Waals surface area contributed by atoms with E-state index in [1.54, 1.807) is 16.9 Å². The molecule has 2 atom stereocenters. The highest BCUT2D eigenvalue weighted by Crippen LogP contribution is 2.28. The Balaban J connectivity index is 1.52. The predicted molar refractivity (Wildman–Crippen MR) is 91.9 cm³/mol. The topological polar surface area (TPSA) is 71.1 Å². The fourth-order valence-corrected chi connectivity index (χ4v) is 3.22. The molecule has 2 heterocycles. The number of ether oxygens (including phenoxy) is 2.